The van der Waals surface area contributed by atoms with Crippen molar-refractivity contribution >= 4 is 23.9 Å². The molecule has 0 aromatic rings. The summed E-state index contributed by atoms with van der Waals surface area (Å²) < 4.78 is 23.4. The van der Waals surface area contributed by atoms with Gasteiger partial charge in [0.2, 0.25) is 0 Å². The molecule has 10 heteroatoms. The van der Waals surface area contributed by atoms with Gasteiger partial charge in [-0.3, -0.25) is 0 Å². The average molecular weight is 403 g/mol. The zero-order chi connectivity index (χ0) is 21.9. The highest BCUT2D eigenvalue weighted by atomic mass is 16.6. The molecule has 10 nitrogen and oxygen atoms in total. The molecule has 28 heavy (non-hydrogen) atoms. The highest BCUT2D eigenvalue weighted by Crippen LogP contribution is 2.03. The van der Waals surface area contributed by atoms with Crippen LogP contribution < -0.4 is 5.73 Å². The summed E-state index contributed by atoms with van der Waals surface area (Å²) in [5, 5.41) is 0. The first-order chi connectivity index (χ1) is 13.3. The summed E-state index contributed by atoms with van der Waals surface area (Å²) >= 11 is 0. The molecule has 0 radical (unpaired) electrons. The molecular weight excluding hydrogens is 374 g/mol. The van der Waals surface area contributed by atoms with Gasteiger partial charge in [-0.15, -0.1) is 0 Å². The van der Waals surface area contributed by atoms with Crippen molar-refractivity contribution in [2.24, 2.45) is 5.73 Å². The van der Waals surface area contributed by atoms with Crippen molar-refractivity contribution in [2.75, 3.05) is 33.0 Å². The number of ether oxygens (including phenoxy) is 5. The van der Waals surface area contributed by atoms with Gasteiger partial charge in [-0.25, -0.2) is 19.2 Å². The summed E-state index contributed by atoms with van der Waals surface area (Å²) in [6.45, 7) is 9.46. The number of carbonyl (C=O) groups excluding carboxylic acids is 4. The molecule has 0 unspecified atom stereocenters. The van der Waals surface area contributed by atoms with Crippen LogP contribution in [-0.2, 0) is 42.9 Å². The highest BCUT2D eigenvalue weighted by molar-refractivity contribution is 6.14. The second kappa shape index (κ2) is 17.4. The molecule has 0 heterocycles. The minimum Gasteiger partial charge on any atom is -0.500 e. The smallest absolute Gasteiger partial charge is 0.348 e. The molecule has 0 spiro atoms. The van der Waals surface area contributed by atoms with Crippen LogP contribution in [0.1, 0.15) is 34.6 Å². The molecule has 0 aromatic carbocycles. The van der Waals surface area contributed by atoms with Gasteiger partial charge in [0.15, 0.2) is 11.1 Å². The van der Waals surface area contributed by atoms with Gasteiger partial charge in [-0.1, -0.05) is 0 Å². The standard InChI is InChI=1S/C10H16O5.C8H13NO4/c1-4-13-7-8(9(11)14-5-2)10(12)15-6-3;1-3-12-7(10)6(5-9)8(11)13-4-2/h7H,4-6H2,1-3H3;5H,3-4,9H2,1-2H3. The Morgan fingerprint density at radius 3 is 1.18 bits per heavy atom. The topological polar surface area (TPSA) is 140 Å². The van der Waals surface area contributed by atoms with Crippen LogP contribution in [0.2, 0.25) is 0 Å². The molecule has 0 aliphatic carbocycles. The van der Waals surface area contributed by atoms with Crippen LogP contribution in [-0.4, -0.2) is 56.9 Å². The normalized spacial score (nSPS) is 8.89. The van der Waals surface area contributed by atoms with Crippen molar-refractivity contribution in [2.45, 2.75) is 34.6 Å². The third kappa shape index (κ3) is 11.6. The van der Waals surface area contributed by atoms with Crippen LogP contribution in [0.25, 0.3) is 0 Å². The van der Waals surface area contributed by atoms with Gasteiger partial charge in [0.1, 0.15) is 6.26 Å². The zero-order valence-electron chi connectivity index (χ0n) is 16.9. The monoisotopic (exact) mass is 403 g/mol. The number of hydrogen-bond acceptors (Lipinski definition) is 10. The lowest BCUT2D eigenvalue weighted by Crippen LogP contribution is -2.19. The van der Waals surface area contributed by atoms with Gasteiger partial charge in [0.05, 0.1) is 33.0 Å². The van der Waals surface area contributed by atoms with Crippen LogP contribution >= 0.6 is 0 Å². The summed E-state index contributed by atoms with van der Waals surface area (Å²) in [6.07, 6.45) is 1.95. The van der Waals surface area contributed by atoms with Crippen molar-refractivity contribution in [3.63, 3.8) is 0 Å². The van der Waals surface area contributed by atoms with Crippen LogP contribution in [0.3, 0.4) is 0 Å². The lowest BCUT2D eigenvalue weighted by atomic mass is 10.3. The third-order valence-electron chi connectivity index (χ3n) is 2.52. The van der Waals surface area contributed by atoms with E-state index in [1.165, 1.54) is 0 Å². The van der Waals surface area contributed by atoms with E-state index >= 15 is 0 Å². The van der Waals surface area contributed by atoms with Crippen molar-refractivity contribution in [3.8, 4) is 0 Å². The zero-order valence-corrected chi connectivity index (χ0v) is 16.9. The molecule has 0 aliphatic heterocycles. The van der Waals surface area contributed by atoms with Gasteiger partial charge in [-0.05, 0) is 34.6 Å². The number of nitrogens with two attached hydrogens (primary N) is 1. The first kappa shape index (κ1) is 27.2. The van der Waals surface area contributed by atoms with Crippen molar-refractivity contribution in [1.29, 1.82) is 0 Å². The van der Waals surface area contributed by atoms with Crippen LogP contribution in [0.5, 0.6) is 0 Å². The van der Waals surface area contributed by atoms with E-state index in [0.29, 0.717) is 6.61 Å². The predicted molar refractivity (Wildman–Crippen MR) is 98.5 cm³/mol. The molecular formula is C18H29NO9. The number of rotatable bonds is 10. The second-order valence-corrected chi connectivity index (χ2v) is 4.45. The predicted octanol–water partition coefficient (Wildman–Crippen LogP) is 0.988. The fourth-order valence-corrected chi connectivity index (χ4v) is 1.40. The van der Waals surface area contributed by atoms with E-state index in [4.69, 9.17) is 10.5 Å². The molecule has 0 saturated heterocycles. The fourth-order valence-electron chi connectivity index (χ4n) is 1.40. The second-order valence-electron chi connectivity index (χ2n) is 4.45. The molecule has 0 aromatic heterocycles. The number of carbonyl (C=O) groups is 4. The summed E-state index contributed by atoms with van der Waals surface area (Å²) in [5.41, 5.74) is 4.58. The Balaban J connectivity index is 0. The molecule has 0 fully saturated rings. The van der Waals surface area contributed by atoms with Crippen molar-refractivity contribution in [3.05, 3.63) is 23.6 Å². The van der Waals surface area contributed by atoms with E-state index in [1.807, 2.05) is 0 Å². The maximum atomic E-state index is 11.3. The summed E-state index contributed by atoms with van der Waals surface area (Å²) in [4.78, 5) is 44.6. The van der Waals surface area contributed by atoms with Gasteiger partial charge in [0.25, 0.3) is 0 Å². The Bertz CT molecular complexity index is 527. The minimum atomic E-state index is -0.761. The Morgan fingerprint density at radius 2 is 0.929 bits per heavy atom. The van der Waals surface area contributed by atoms with Crippen LogP contribution in [0.4, 0.5) is 0 Å². The molecule has 160 valence electrons. The van der Waals surface area contributed by atoms with Crippen molar-refractivity contribution < 1.29 is 42.9 Å². The average Bonchev–Trinajstić information content (AvgIpc) is 2.64. The van der Waals surface area contributed by atoms with Crippen LogP contribution in [0, 0.1) is 0 Å². The summed E-state index contributed by atoms with van der Waals surface area (Å²) in [7, 11) is 0. The number of esters is 4. The van der Waals surface area contributed by atoms with E-state index in [-0.39, 0.29) is 37.6 Å². The molecule has 0 saturated carbocycles. The lowest BCUT2D eigenvalue weighted by Gasteiger charge is -2.06. The quantitative estimate of drug-likeness (QED) is 0.140. The Hall–Kier alpha value is -3.04. The SMILES string of the molecule is CCOC(=O)C(=CN)C(=O)OCC.CCOC=C(C(=O)OCC)C(=O)OCC. The van der Waals surface area contributed by atoms with E-state index < -0.39 is 23.9 Å². The van der Waals surface area contributed by atoms with Gasteiger partial charge >= 0.3 is 23.9 Å². The van der Waals surface area contributed by atoms with E-state index in [2.05, 4.69) is 18.9 Å². The Kier molecular flexibility index (Phi) is 16.9. The van der Waals surface area contributed by atoms with Crippen molar-refractivity contribution in [1.82, 2.24) is 0 Å². The molecule has 0 bridgehead atoms. The van der Waals surface area contributed by atoms with Gasteiger partial charge in [-0.2, -0.15) is 0 Å². The molecule has 0 atom stereocenters. The minimum absolute atomic E-state index is 0.190. The fraction of sp³-hybridized carbons (Fsp3) is 0.556. The van der Waals surface area contributed by atoms with E-state index in [1.54, 1.807) is 34.6 Å². The van der Waals surface area contributed by atoms with Crippen LogP contribution in [0.15, 0.2) is 23.6 Å². The Morgan fingerprint density at radius 1 is 0.607 bits per heavy atom. The molecule has 2 N–H and O–H groups in total. The maximum Gasteiger partial charge on any atom is 0.348 e. The molecule has 0 rings (SSSR count). The lowest BCUT2D eigenvalue weighted by molar-refractivity contribution is -0.148. The summed E-state index contributed by atoms with van der Waals surface area (Å²) in [5.74, 6) is -2.99. The van der Waals surface area contributed by atoms with E-state index in [0.717, 1.165) is 12.5 Å². The van der Waals surface area contributed by atoms with Gasteiger partial charge in [0, 0.05) is 6.20 Å². The largest absolute Gasteiger partial charge is 0.500 e. The molecule has 0 aliphatic rings. The number of hydrogen-bond donors (Lipinski definition) is 1. The first-order valence-electron chi connectivity index (χ1n) is 8.76. The Labute approximate surface area is 164 Å². The highest BCUT2D eigenvalue weighted by Gasteiger charge is 2.21. The third-order valence-corrected chi connectivity index (χ3v) is 2.52. The summed E-state index contributed by atoms with van der Waals surface area (Å²) in [6, 6.07) is 0. The van der Waals surface area contributed by atoms with Gasteiger partial charge < -0.3 is 29.4 Å². The maximum absolute atomic E-state index is 11.3. The van der Waals surface area contributed by atoms with E-state index in [9.17, 15) is 19.2 Å². The first-order valence-corrected chi connectivity index (χ1v) is 8.76. The molecule has 0 amide bonds.